The second kappa shape index (κ2) is 7.31. The van der Waals surface area contributed by atoms with Gasteiger partial charge in [-0.05, 0) is 25.1 Å². The monoisotopic (exact) mass is 429 g/mol. The lowest BCUT2D eigenvalue weighted by Crippen LogP contribution is -2.15. The molecular formula is C18H16FN7O3S. The highest BCUT2D eigenvalue weighted by atomic mass is 32.2. The van der Waals surface area contributed by atoms with Crippen molar-refractivity contribution in [3.8, 4) is 11.5 Å². The van der Waals surface area contributed by atoms with Gasteiger partial charge < -0.3 is 5.73 Å². The molecule has 154 valence electrons. The number of benzene rings is 1. The number of nitrogens with two attached hydrogens (primary N) is 1. The first-order valence-electron chi connectivity index (χ1n) is 8.67. The maximum absolute atomic E-state index is 14.1. The van der Waals surface area contributed by atoms with Crippen LogP contribution in [-0.2, 0) is 16.8 Å². The second-order valence-electron chi connectivity index (χ2n) is 6.46. The summed E-state index contributed by atoms with van der Waals surface area (Å²) < 4.78 is 49.1. The van der Waals surface area contributed by atoms with E-state index >= 15 is 0 Å². The highest BCUT2D eigenvalue weighted by molar-refractivity contribution is 7.87. The van der Waals surface area contributed by atoms with Crippen LogP contribution < -0.4 is 10.5 Å². The van der Waals surface area contributed by atoms with Gasteiger partial charge in [-0.15, -0.1) is 0 Å². The number of fused-ring (bicyclic) bond motifs is 1. The zero-order valence-corrected chi connectivity index (χ0v) is 16.4. The zero-order chi connectivity index (χ0) is 21.5. The van der Waals surface area contributed by atoms with Crippen LogP contribution in [0.15, 0.2) is 42.6 Å². The minimum absolute atomic E-state index is 0.00634. The van der Waals surface area contributed by atoms with Gasteiger partial charge in [0.25, 0.3) is 0 Å². The number of anilines is 2. The summed E-state index contributed by atoms with van der Waals surface area (Å²) in [6, 6.07) is 9.73. The molecule has 0 radical (unpaired) electrons. The topological polar surface area (TPSA) is 149 Å². The van der Waals surface area contributed by atoms with Gasteiger partial charge in [0.05, 0.1) is 11.9 Å². The molecule has 12 heteroatoms. The molecule has 10 nitrogen and oxygen atoms in total. The molecule has 0 aliphatic carbocycles. The minimum atomic E-state index is -4.57. The van der Waals surface area contributed by atoms with Gasteiger partial charge in [0, 0.05) is 17.3 Å². The molecule has 0 unspecified atom stereocenters. The Kier molecular flexibility index (Phi) is 4.79. The third kappa shape index (κ3) is 3.77. The molecule has 3 heterocycles. The predicted molar refractivity (Wildman–Crippen MR) is 108 cm³/mol. The highest BCUT2D eigenvalue weighted by Gasteiger charge is 2.20. The normalized spacial score (nSPS) is 11.7. The molecule has 4 rings (SSSR count). The minimum Gasteiger partial charge on any atom is -0.383 e. The Balaban J connectivity index is 1.87. The maximum atomic E-state index is 14.1. The van der Waals surface area contributed by atoms with E-state index in [0.717, 1.165) is 0 Å². The smallest absolute Gasteiger partial charge is 0.358 e. The largest absolute Gasteiger partial charge is 0.383 e. The fourth-order valence-corrected chi connectivity index (χ4v) is 3.38. The second-order valence-corrected chi connectivity index (χ2v) is 7.61. The number of halogens is 1. The lowest BCUT2D eigenvalue weighted by Gasteiger charge is -2.09. The van der Waals surface area contributed by atoms with Crippen LogP contribution in [0.5, 0.6) is 0 Å². The average Bonchev–Trinajstić information content (AvgIpc) is 3.05. The van der Waals surface area contributed by atoms with Crippen LogP contribution >= 0.6 is 0 Å². The van der Waals surface area contributed by atoms with Crippen LogP contribution in [0.1, 0.15) is 11.1 Å². The van der Waals surface area contributed by atoms with Crippen molar-refractivity contribution < 1.29 is 17.4 Å². The standard InChI is InChI=1S/C18H16FN7O3S/c1-10-15(20)22-17(23-16(10)25-30(27,28)29)14-12-6-4-8-21-18(12)26(24-14)9-11-5-2-3-7-13(11)19/h2-8H,9H2,1H3,(H,27,28,29)(H3,20,22,23,25). The number of pyridine rings is 1. The van der Waals surface area contributed by atoms with Crippen molar-refractivity contribution in [3.63, 3.8) is 0 Å². The molecule has 0 saturated carbocycles. The van der Waals surface area contributed by atoms with Gasteiger partial charge in [0.1, 0.15) is 17.3 Å². The molecular weight excluding hydrogens is 413 g/mol. The van der Waals surface area contributed by atoms with E-state index in [-0.39, 0.29) is 41.1 Å². The van der Waals surface area contributed by atoms with Crippen molar-refractivity contribution in [2.45, 2.75) is 13.5 Å². The number of nitrogen functional groups attached to an aromatic ring is 1. The number of nitrogens with one attached hydrogen (secondary N) is 1. The molecule has 3 aromatic heterocycles. The molecule has 0 fully saturated rings. The fourth-order valence-electron chi connectivity index (χ4n) is 2.93. The Bertz CT molecular complexity index is 1370. The molecule has 0 bridgehead atoms. The van der Waals surface area contributed by atoms with Crippen molar-refractivity contribution in [2.24, 2.45) is 0 Å². The van der Waals surface area contributed by atoms with Crippen LogP contribution in [0.4, 0.5) is 16.0 Å². The summed E-state index contributed by atoms with van der Waals surface area (Å²) >= 11 is 0. The van der Waals surface area contributed by atoms with E-state index in [1.807, 2.05) is 4.72 Å². The summed E-state index contributed by atoms with van der Waals surface area (Å²) in [5.41, 5.74) is 7.30. The van der Waals surface area contributed by atoms with E-state index in [2.05, 4.69) is 20.1 Å². The Morgan fingerprint density at radius 3 is 2.70 bits per heavy atom. The number of nitrogens with zero attached hydrogens (tertiary/aromatic N) is 5. The lowest BCUT2D eigenvalue weighted by atomic mass is 10.2. The van der Waals surface area contributed by atoms with Crippen LogP contribution in [0.3, 0.4) is 0 Å². The van der Waals surface area contributed by atoms with Gasteiger partial charge in [0.2, 0.25) is 0 Å². The molecule has 4 aromatic rings. The van der Waals surface area contributed by atoms with Gasteiger partial charge in [0.15, 0.2) is 17.3 Å². The van der Waals surface area contributed by atoms with E-state index < -0.39 is 10.3 Å². The van der Waals surface area contributed by atoms with Gasteiger partial charge in [-0.2, -0.15) is 13.5 Å². The molecule has 4 N–H and O–H groups in total. The van der Waals surface area contributed by atoms with Crippen LogP contribution in [0.25, 0.3) is 22.6 Å². The summed E-state index contributed by atoms with van der Waals surface area (Å²) in [5.74, 6) is -0.531. The number of aromatic nitrogens is 5. The van der Waals surface area contributed by atoms with E-state index in [9.17, 15) is 12.8 Å². The van der Waals surface area contributed by atoms with E-state index in [1.54, 1.807) is 36.5 Å². The summed E-state index contributed by atoms with van der Waals surface area (Å²) in [4.78, 5) is 12.7. The van der Waals surface area contributed by atoms with Crippen molar-refractivity contribution >= 4 is 33.0 Å². The lowest BCUT2D eigenvalue weighted by molar-refractivity contribution is 0.489. The Labute approximate surface area is 170 Å². The third-order valence-corrected chi connectivity index (χ3v) is 4.86. The van der Waals surface area contributed by atoms with Crippen molar-refractivity contribution in [2.75, 3.05) is 10.5 Å². The molecule has 0 amide bonds. The van der Waals surface area contributed by atoms with Gasteiger partial charge in [-0.25, -0.2) is 28.7 Å². The fraction of sp³-hybridized carbons (Fsp3) is 0.111. The van der Waals surface area contributed by atoms with Crippen LogP contribution in [0, 0.1) is 12.7 Å². The first-order valence-corrected chi connectivity index (χ1v) is 10.1. The summed E-state index contributed by atoms with van der Waals surface area (Å²) in [5, 5.41) is 5.04. The van der Waals surface area contributed by atoms with Gasteiger partial charge in [-0.3, -0.25) is 4.55 Å². The predicted octanol–water partition coefficient (Wildman–Crippen LogP) is 2.18. The summed E-state index contributed by atoms with van der Waals surface area (Å²) in [6.07, 6.45) is 1.57. The molecule has 0 atom stereocenters. The molecule has 0 aliphatic rings. The van der Waals surface area contributed by atoms with E-state index in [1.165, 1.54) is 17.7 Å². The summed E-state index contributed by atoms with van der Waals surface area (Å²) in [7, 11) is -4.57. The number of hydrogen-bond acceptors (Lipinski definition) is 7. The van der Waals surface area contributed by atoms with Crippen molar-refractivity contribution in [3.05, 3.63) is 59.5 Å². The van der Waals surface area contributed by atoms with Crippen molar-refractivity contribution in [1.29, 1.82) is 0 Å². The molecule has 1 aromatic carbocycles. The number of hydrogen-bond donors (Lipinski definition) is 3. The molecule has 0 spiro atoms. The number of rotatable bonds is 5. The maximum Gasteiger partial charge on any atom is 0.358 e. The van der Waals surface area contributed by atoms with Gasteiger partial charge in [-0.1, -0.05) is 18.2 Å². The molecule has 0 saturated heterocycles. The average molecular weight is 429 g/mol. The van der Waals surface area contributed by atoms with E-state index in [4.69, 9.17) is 10.3 Å². The van der Waals surface area contributed by atoms with Crippen molar-refractivity contribution in [1.82, 2.24) is 24.7 Å². The SMILES string of the molecule is Cc1c(N)nc(-c2nn(Cc3ccccc3F)c3ncccc23)nc1NS(=O)(=O)O. The van der Waals surface area contributed by atoms with Crippen LogP contribution in [-0.4, -0.2) is 37.7 Å². The Morgan fingerprint density at radius 1 is 1.20 bits per heavy atom. The van der Waals surface area contributed by atoms with Crippen LogP contribution in [0.2, 0.25) is 0 Å². The van der Waals surface area contributed by atoms with Gasteiger partial charge >= 0.3 is 10.3 Å². The summed E-state index contributed by atoms with van der Waals surface area (Å²) in [6.45, 7) is 1.61. The van der Waals surface area contributed by atoms with E-state index in [0.29, 0.717) is 16.6 Å². The Hall–Kier alpha value is -3.64. The third-order valence-electron chi connectivity index (χ3n) is 4.41. The Morgan fingerprint density at radius 2 is 1.97 bits per heavy atom. The first-order chi connectivity index (χ1) is 14.2. The highest BCUT2D eigenvalue weighted by Crippen LogP contribution is 2.28. The quantitative estimate of drug-likeness (QED) is 0.409. The molecule has 0 aliphatic heterocycles. The zero-order valence-electron chi connectivity index (χ0n) is 15.6. The molecule has 30 heavy (non-hydrogen) atoms. The first kappa shape index (κ1) is 19.7.